The quantitative estimate of drug-likeness (QED) is 0.750. The van der Waals surface area contributed by atoms with Gasteiger partial charge in [-0.2, -0.15) is 0 Å². The molecule has 2 saturated heterocycles. The van der Waals surface area contributed by atoms with Gasteiger partial charge in [-0.3, -0.25) is 13.9 Å². The van der Waals surface area contributed by atoms with Crippen LogP contribution in [0.25, 0.3) is 0 Å². The molecule has 92 valence electrons. The molecular formula is C12H21NO2S. The Balaban J connectivity index is 2.03. The van der Waals surface area contributed by atoms with Crippen LogP contribution in [0.2, 0.25) is 0 Å². The van der Waals surface area contributed by atoms with Gasteiger partial charge < -0.3 is 0 Å². The number of hydrogen-bond donors (Lipinski definition) is 0. The van der Waals surface area contributed by atoms with Crippen molar-refractivity contribution in [1.29, 1.82) is 0 Å². The lowest BCUT2D eigenvalue weighted by Gasteiger charge is -2.46. The Labute approximate surface area is 100 Å². The van der Waals surface area contributed by atoms with Gasteiger partial charge in [0.2, 0.25) is 0 Å². The number of rotatable bonds is 3. The maximum Gasteiger partial charge on any atom is 0.136 e. The highest BCUT2D eigenvalue weighted by molar-refractivity contribution is 7.84. The average molecular weight is 243 g/mol. The summed E-state index contributed by atoms with van der Waals surface area (Å²) < 4.78 is 11.4. The van der Waals surface area contributed by atoms with Crippen molar-refractivity contribution in [3.05, 3.63) is 0 Å². The van der Waals surface area contributed by atoms with Crippen LogP contribution < -0.4 is 0 Å². The summed E-state index contributed by atoms with van der Waals surface area (Å²) in [7, 11) is -0.755. The van der Waals surface area contributed by atoms with Gasteiger partial charge in [-0.25, -0.2) is 0 Å². The van der Waals surface area contributed by atoms with Crippen LogP contribution >= 0.6 is 0 Å². The molecule has 0 saturated carbocycles. The van der Waals surface area contributed by atoms with Crippen molar-refractivity contribution in [2.45, 2.75) is 56.4 Å². The van der Waals surface area contributed by atoms with Gasteiger partial charge in [0.15, 0.2) is 0 Å². The second kappa shape index (κ2) is 4.96. The van der Waals surface area contributed by atoms with Gasteiger partial charge in [-0.1, -0.05) is 6.42 Å². The van der Waals surface area contributed by atoms with Gasteiger partial charge in [0.25, 0.3) is 0 Å². The van der Waals surface area contributed by atoms with Crippen molar-refractivity contribution in [1.82, 2.24) is 4.90 Å². The predicted molar refractivity (Wildman–Crippen MR) is 65.9 cm³/mol. The van der Waals surface area contributed by atoms with Crippen molar-refractivity contribution in [2.24, 2.45) is 0 Å². The first kappa shape index (κ1) is 12.2. The SMILES string of the molecule is CC(CN1C2CCCC1CC(=O)C2)S(C)=O. The average Bonchev–Trinajstić information content (AvgIpc) is 2.19. The van der Waals surface area contributed by atoms with Gasteiger partial charge in [0.05, 0.1) is 0 Å². The monoisotopic (exact) mass is 243 g/mol. The fourth-order valence-corrected chi connectivity index (χ4v) is 3.35. The van der Waals surface area contributed by atoms with Crippen LogP contribution in [0.4, 0.5) is 0 Å². The molecule has 0 spiro atoms. The van der Waals surface area contributed by atoms with E-state index in [4.69, 9.17) is 0 Å². The lowest BCUT2D eigenvalue weighted by molar-refractivity contribution is -0.127. The maximum absolute atomic E-state index is 11.6. The fraction of sp³-hybridized carbons (Fsp3) is 0.917. The first-order valence-electron chi connectivity index (χ1n) is 6.17. The molecule has 2 aliphatic heterocycles. The Morgan fingerprint density at radius 3 is 2.44 bits per heavy atom. The van der Waals surface area contributed by atoms with Crippen molar-refractivity contribution >= 4 is 16.6 Å². The largest absolute Gasteiger partial charge is 0.300 e. The Bertz CT molecular complexity index is 289. The minimum Gasteiger partial charge on any atom is -0.300 e. The maximum atomic E-state index is 11.6. The molecule has 3 nitrogen and oxygen atoms in total. The molecule has 0 radical (unpaired) electrons. The van der Waals surface area contributed by atoms with Gasteiger partial charge in [-0.05, 0) is 19.8 Å². The van der Waals surface area contributed by atoms with Crippen LogP contribution in [-0.2, 0) is 15.6 Å². The van der Waals surface area contributed by atoms with E-state index in [1.807, 2.05) is 6.92 Å². The topological polar surface area (TPSA) is 37.4 Å². The molecule has 2 aliphatic rings. The summed E-state index contributed by atoms with van der Waals surface area (Å²) in [5.74, 6) is 0.427. The van der Waals surface area contributed by atoms with Crippen LogP contribution in [0.1, 0.15) is 39.0 Å². The molecule has 0 aromatic heterocycles. The molecule has 0 amide bonds. The van der Waals surface area contributed by atoms with E-state index in [-0.39, 0.29) is 5.25 Å². The third-order valence-electron chi connectivity index (χ3n) is 3.97. The minimum atomic E-state index is -0.755. The second-order valence-corrected chi connectivity index (χ2v) is 6.99. The zero-order valence-corrected chi connectivity index (χ0v) is 11.0. The van der Waals surface area contributed by atoms with E-state index in [1.165, 1.54) is 6.42 Å². The molecular weight excluding hydrogens is 222 g/mol. The molecule has 2 fully saturated rings. The molecule has 2 heterocycles. The number of carbonyl (C=O) groups is 1. The van der Waals surface area contributed by atoms with Gasteiger partial charge >= 0.3 is 0 Å². The van der Waals surface area contributed by atoms with E-state index in [2.05, 4.69) is 4.90 Å². The van der Waals surface area contributed by atoms with Crippen molar-refractivity contribution in [3.63, 3.8) is 0 Å². The summed E-state index contributed by atoms with van der Waals surface area (Å²) in [6.07, 6.45) is 6.76. The number of nitrogens with zero attached hydrogens (tertiary/aromatic N) is 1. The Hall–Kier alpha value is -0.220. The zero-order valence-electron chi connectivity index (χ0n) is 10.1. The van der Waals surface area contributed by atoms with E-state index in [0.717, 1.165) is 32.2 Å². The third kappa shape index (κ3) is 2.54. The van der Waals surface area contributed by atoms with Gasteiger partial charge in [-0.15, -0.1) is 0 Å². The standard InChI is InChI=1S/C12H21NO2S/c1-9(16(2)15)8-13-10-4-3-5-11(13)7-12(14)6-10/h9-11H,3-8H2,1-2H3. The Kier molecular flexibility index (Phi) is 3.80. The minimum absolute atomic E-state index is 0.219. The highest BCUT2D eigenvalue weighted by Crippen LogP contribution is 2.32. The summed E-state index contributed by atoms with van der Waals surface area (Å²) in [6, 6.07) is 0.872. The normalized spacial score (nSPS) is 34.8. The van der Waals surface area contributed by atoms with Crippen LogP contribution in [0, 0.1) is 0 Å². The summed E-state index contributed by atoms with van der Waals surface area (Å²) in [6.45, 7) is 2.94. The Morgan fingerprint density at radius 2 is 1.94 bits per heavy atom. The Morgan fingerprint density at radius 1 is 1.38 bits per heavy atom. The molecule has 0 aliphatic carbocycles. The van der Waals surface area contributed by atoms with Crippen LogP contribution in [-0.4, -0.2) is 45.0 Å². The highest BCUT2D eigenvalue weighted by atomic mass is 32.2. The fourth-order valence-electron chi connectivity index (χ4n) is 2.97. The van der Waals surface area contributed by atoms with E-state index < -0.39 is 10.8 Å². The van der Waals surface area contributed by atoms with Crippen molar-refractivity contribution < 1.29 is 9.00 Å². The van der Waals surface area contributed by atoms with Crippen LogP contribution in [0.5, 0.6) is 0 Å². The second-order valence-electron chi connectivity index (χ2n) is 5.19. The van der Waals surface area contributed by atoms with Crippen molar-refractivity contribution in [2.75, 3.05) is 12.8 Å². The van der Waals surface area contributed by atoms with Crippen LogP contribution in [0.15, 0.2) is 0 Å². The lowest BCUT2D eigenvalue weighted by Crippen LogP contribution is -2.54. The van der Waals surface area contributed by atoms with E-state index in [9.17, 15) is 9.00 Å². The highest BCUT2D eigenvalue weighted by Gasteiger charge is 2.37. The van der Waals surface area contributed by atoms with Gasteiger partial charge in [0, 0.05) is 53.8 Å². The zero-order chi connectivity index (χ0) is 11.7. The molecule has 0 aromatic carbocycles. The molecule has 16 heavy (non-hydrogen) atoms. The molecule has 4 heteroatoms. The molecule has 4 unspecified atom stereocenters. The first-order valence-corrected chi connectivity index (χ1v) is 7.79. The number of fused-ring (bicyclic) bond motifs is 2. The molecule has 0 aromatic rings. The third-order valence-corrected chi connectivity index (χ3v) is 5.26. The summed E-state index contributed by atoms with van der Waals surface area (Å²) in [5.41, 5.74) is 0. The lowest BCUT2D eigenvalue weighted by atomic mass is 9.84. The number of carbonyl (C=O) groups excluding carboxylic acids is 1. The number of hydrogen-bond acceptors (Lipinski definition) is 3. The number of piperidine rings is 2. The van der Waals surface area contributed by atoms with E-state index in [0.29, 0.717) is 17.9 Å². The predicted octanol–water partition coefficient (Wildman–Crippen LogP) is 1.34. The first-order chi connectivity index (χ1) is 7.58. The molecule has 2 bridgehead atoms. The smallest absolute Gasteiger partial charge is 0.136 e. The molecule has 4 atom stereocenters. The summed E-state index contributed by atoms with van der Waals surface area (Å²) in [5, 5.41) is 0.219. The van der Waals surface area contributed by atoms with E-state index >= 15 is 0 Å². The summed E-state index contributed by atoms with van der Waals surface area (Å²) >= 11 is 0. The van der Waals surface area contributed by atoms with Crippen molar-refractivity contribution in [3.8, 4) is 0 Å². The summed E-state index contributed by atoms with van der Waals surface area (Å²) in [4.78, 5) is 14.0. The number of ketones is 1. The van der Waals surface area contributed by atoms with Crippen LogP contribution in [0.3, 0.4) is 0 Å². The molecule has 2 rings (SSSR count). The molecule has 0 N–H and O–H groups in total. The van der Waals surface area contributed by atoms with Gasteiger partial charge in [0.1, 0.15) is 5.78 Å². The van der Waals surface area contributed by atoms with E-state index in [1.54, 1.807) is 6.26 Å². The number of Topliss-reactive ketones (excluding diaryl/α,β-unsaturated/α-hetero) is 1.